The molecule has 5 nitrogen and oxygen atoms in total. The molecule has 0 bridgehead atoms. The molecule has 2 heterocycles. The Morgan fingerprint density at radius 1 is 1.41 bits per heavy atom. The Morgan fingerprint density at radius 2 is 2.18 bits per heavy atom. The molecule has 17 heavy (non-hydrogen) atoms. The van der Waals surface area contributed by atoms with Crippen LogP contribution in [0.3, 0.4) is 0 Å². The second-order valence-corrected chi connectivity index (χ2v) is 4.48. The third-order valence-electron chi connectivity index (χ3n) is 3.15. The van der Waals surface area contributed by atoms with Gasteiger partial charge in [-0.05, 0) is 18.9 Å². The minimum absolute atomic E-state index is 0.153. The molecule has 0 radical (unpaired) electrons. The number of anilines is 1. The lowest BCUT2D eigenvalue weighted by Gasteiger charge is -2.19. The van der Waals surface area contributed by atoms with Crippen LogP contribution < -0.4 is 5.32 Å². The molecule has 0 aromatic carbocycles. The number of hydrogen-bond acceptors (Lipinski definition) is 4. The molecule has 2 atom stereocenters. The summed E-state index contributed by atoms with van der Waals surface area (Å²) >= 11 is 0. The van der Waals surface area contributed by atoms with Crippen LogP contribution in [0.4, 0.5) is 5.82 Å². The van der Waals surface area contributed by atoms with Crippen molar-refractivity contribution in [2.75, 3.05) is 11.9 Å². The first kappa shape index (κ1) is 11.9. The van der Waals surface area contributed by atoms with Crippen molar-refractivity contribution in [2.45, 2.75) is 19.9 Å². The summed E-state index contributed by atoms with van der Waals surface area (Å²) < 4.78 is 1.96. The molecular weight excluding hydrogens is 216 g/mol. The minimum atomic E-state index is 0.153. The zero-order valence-corrected chi connectivity index (χ0v) is 10.4. The van der Waals surface area contributed by atoms with Gasteiger partial charge in [0.2, 0.25) is 0 Å². The number of aromatic nitrogens is 3. The maximum Gasteiger partial charge on any atom is 0.154 e. The molecular formula is C12H18N4O. The second kappa shape index (κ2) is 4.71. The van der Waals surface area contributed by atoms with Crippen molar-refractivity contribution in [1.82, 2.24) is 14.5 Å². The van der Waals surface area contributed by atoms with E-state index in [0.29, 0.717) is 0 Å². The molecule has 2 rings (SSSR count). The van der Waals surface area contributed by atoms with Crippen molar-refractivity contribution < 1.29 is 5.11 Å². The smallest absolute Gasteiger partial charge is 0.154 e. The van der Waals surface area contributed by atoms with Gasteiger partial charge >= 0.3 is 0 Å². The third kappa shape index (κ3) is 2.24. The summed E-state index contributed by atoms with van der Waals surface area (Å²) in [4.78, 5) is 8.64. The number of aryl methyl sites for hydroxylation is 1. The summed E-state index contributed by atoms with van der Waals surface area (Å²) in [7, 11) is 1.96. The Hall–Kier alpha value is -1.62. The van der Waals surface area contributed by atoms with Crippen LogP contribution in [-0.4, -0.2) is 32.3 Å². The normalized spacial score (nSPS) is 14.8. The van der Waals surface area contributed by atoms with E-state index in [-0.39, 0.29) is 18.6 Å². The monoisotopic (exact) mass is 234 g/mol. The molecule has 0 spiro atoms. The zero-order valence-electron chi connectivity index (χ0n) is 10.4. The molecule has 2 aromatic heterocycles. The summed E-state index contributed by atoms with van der Waals surface area (Å²) in [5.41, 5.74) is 1.92. The van der Waals surface area contributed by atoms with Crippen LogP contribution in [0.5, 0.6) is 0 Å². The van der Waals surface area contributed by atoms with Gasteiger partial charge in [-0.15, -0.1) is 0 Å². The first-order valence-electron chi connectivity index (χ1n) is 5.77. The Kier molecular flexibility index (Phi) is 3.28. The number of hydrogen-bond donors (Lipinski definition) is 2. The van der Waals surface area contributed by atoms with E-state index in [1.807, 2.05) is 31.5 Å². The molecule has 2 aromatic rings. The highest BCUT2D eigenvalue weighted by Gasteiger charge is 2.14. The molecule has 2 N–H and O–H groups in total. The van der Waals surface area contributed by atoms with Crippen LogP contribution in [0.1, 0.15) is 13.8 Å². The largest absolute Gasteiger partial charge is 0.396 e. The predicted octanol–water partition coefficient (Wildman–Crippen LogP) is 1.40. The molecule has 0 aliphatic heterocycles. The average Bonchev–Trinajstić information content (AvgIpc) is 2.71. The number of pyridine rings is 1. The van der Waals surface area contributed by atoms with Gasteiger partial charge in [0.1, 0.15) is 5.52 Å². The van der Waals surface area contributed by atoms with Crippen molar-refractivity contribution in [3.63, 3.8) is 0 Å². The van der Waals surface area contributed by atoms with Gasteiger partial charge in [0.05, 0.1) is 11.8 Å². The molecule has 92 valence electrons. The molecule has 0 amide bonds. The fourth-order valence-corrected chi connectivity index (χ4v) is 1.68. The summed E-state index contributed by atoms with van der Waals surface area (Å²) in [6.07, 6.45) is 3.54. The predicted molar refractivity (Wildman–Crippen MR) is 67.8 cm³/mol. The van der Waals surface area contributed by atoms with Gasteiger partial charge in [-0.1, -0.05) is 6.92 Å². The lowest BCUT2D eigenvalue weighted by Crippen LogP contribution is -2.26. The standard InChI is InChI=1S/C12H18N4O/c1-8(6-17)9(2)15-12-11-10(4-5-13-12)16(3)7-14-11/h4-5,7-9,17H,6H2,1-3H3,(H,13,15). The van der Waals surface area contributed by atoms with Crippen molar-refractivity contribution in [2.24, 2.45) is 13.0 Å². The average molecular weight is 234 g/mol. The molecule has 0 saturated carbocycles. The maximum absolute atomic E-state index is 9.12. The fraction of sp³-hybridized carbons (Fsp3) is 0.500. The van der Waals surface area contributed by atoms with Crippen LogP contribution in [0.25, 0.3) is 11.0 Å². The van der Waals surface area contributed by atoms with E-state index >= 15 is 0 Å². The number of imidazole rings is 1. The highest BCUT2D eigenvalue weighted by molar-refractivity contribution is 5.85. The summed E-state index contributed by atoms with van der Waals surface area (Å²) in [5, 5.41) is 12.4. The Balaban J connectivity index is 2.30. The van der Waals surface area contributed by atoms with Crippen LogP contribution in [0, 0.1) is 5.92 Å². The first-order chi connectivity index (χ1) is 8.13. The number of nitrogens with zero attached hydrogens (tertiary/aromatic N) is 3. The van der Waals surface area contributed by atoms with Gasteiger partial charge in [0, 0.05) is 25.9 Å². The van der Waals surface area contributed by atoms with Gasteiger partial charge in [-0.25, -0.2) is 9.97 Å². The number of aliphatic hydroxyl groups is 1. The Labute approximate surface area is 101 Å². The molecule has 0 fully saturated rings. The van der Waals surface area contributed by atoms with E-state index in [1.165, 1.54) is 0 Å². The topological polar surface area (TPSA) is 63.0 Å². The van der Waals surface area contributed by atoms with E-state index in [9.17, 15) is 0 Å². The summed E-state index contributed by atoms with van der Waals surface area (Å²) in [5.74, 6) is 0.951. The number of nitrogens with one attached hydrogen (secondary N) is 1. The van der Waals surface area contributed by atoms with Crippen molar-refractivity contribution in [3.8, 4) is 0 Å². The molecule has 2 unspecified atom stereocenters. The van der Waals surface area contributed by atoms with E-state index in [2.05, 4.69) is 15.3 Å². The van der Waals surface area contributed by atoms with Gasteiger partial charge < -0.3 is 15.0 Å². The maximum atomic E-state index is 9.12. The van der Waals surface area contributed by atoms with Crippen LogP contribution in [-0.2, 0) is 7.05 Å². The lowest BCUT2D eigenvalue weighted by atomic mass is 10.1. The first-order valence-corrected chi connectivity index (χ1v) is 5.77. The Morgan fingerprint density at radius 3 is 2.88 bits per heavy atom. The van der Waals surface area contributed by atoms with E-state index < -0.39 is 0 Å². The van der Waals surface area contributed by atoms with Gasteiger partial charge in [-0.3, -0.25) is 0 Å². The third-order valence-corrected chi connectivity index (χ3v) is 3.15. The number of aliphatic hydroxyl groups excluding tert-OH is 1. The fourth-order valence-electron chi connectivity index (χ4n) is 1.68. The van der Waals surface area contributed by atoms with E-state index in [1.54, 1.807) is 12.5 Å². The van der Waals surface area contributed by atoms with Crippen molar-refractivity contribution >= 4 is 16.9 Å². The highest BCUT2D eigenvalue weighted by atomic mass is 16.3. The van der Waals surface area contributed by atoms with Crippen molar-refractivity contribution in [1.29, 1.82) is 0 Å². The number of rotatable bonds is 4. The second-order valence-electron chi connectivity index (χ2n) is 4.48. The Bertz CT molecular complexity index is 508. The summed E-state index contributed by atoms with van der Waals surface area (Å²) in [6, 6.07) is 2.09. The zero-order chi connectivity index (χ0) is 12.4. The molecule has 0 aliphatic carbocycles. The molecule has 5 heteroatoms. The number of fused-ring (bicyclic) bond motifs is 1. The lowest BCUT2D eigenvalue weighted by molar-refractivity contribution is 0.226. The van der Waals surface area contributed by atoms with E-state index in [4.69, 9.17) is 5.11 Å². The van der Waals surface area contributed by atoms with Crippen LogP contribution >= 0.6 is 0 Å². The van der Waals surface area contributed by atoms with Gasteiger partial charge in [-0.2, -0.15) is 0 Å². The van der Waals surface area contributed by atoms with E-state index in [0.717, 1.165) is 16.9 Å². The van der Waals surface area contributed by atoms with Crippen molar-refractivity contribution in [3.05, 3.63) is 18.6 Å². The minimum Gasteiger partial charge on any atom is -0.396 e. The summed E-state index contributed by atoms with van der Waals surface area (Å²) in [6.45, 7) is 4.19. The quantitative estimate of drug-likeness (QED) is 0.839. The molecule has 0 aliphatic rings. The van der Waals surface area contributed by atoms with Gasteiger partial charge in [0.25, 0.3) is 0 Å². The molecule has 0 saturated heterocycles. The van der Waals surface area contributed by atoms with Crippen LogP contribution in [0.15, 0.2) is 18.6 Å². The highest BCUT2D eigenvalue weighted by Crippen LogP contribution is 2.20. The SMILES string of the molecule is CC(CO)C(C)Nc1nccc2c1ncn2C. The van der Waals surface area contributed by atoms with Gasteiger partial charge in [0.15, 0.2) is 5.82 Å². The van der Waals surface area contributed by atoms with Crippen LogP contribution in [0.2, 0.25) is 0 Å².